The molecule has 0 radical (unpaired) electrons. The molecule has 7 heterocycles. The van der Waals surface area contributed by atoms with Crippen LogP contribution in [0.4, 0.5) is 27.4 Å². The van der Waals surface area contributed by atoms with Crippen molar-refractivity contribution in [3.63, 3.8) is 0 Å². The number of pyridine rings is 1. The van der Waals surface area contributed by atoms with Gasteiger partial charge in [-0.25, -0.2) is 9.37 Å². The minimum absolute atomic E-state index is 0.102. The second-order valence-electron chi connectivity index (χ2n) is 18.7. The molecule has 5 aliphatic rings. The molecule has 4 N–H and O–H groups in total. The Bertz CT molecular complexity index is 2640. The van der Waals surface area contributed by atoms with E-state index in [9.17, 15) is 0 Å². The van der Waals surface area contributed by atoms with Crippen LogP contribution in [-0.2, 0) is 13.1 Å². The Hall–Kier alpha value is -6.34. The maximum atomic E-state index is 15.7. The lowest BCUT2D eigenvalue weighted by Crippen LogP contribution is -2.53. The number of nitrogens with two attached hydrogens (primary N) is 1. The zero-order valence-corrected chi connectivity index (χ0v) is 38.8. The molecule has 0 saturated carbocycles. The molecule has 0 spiro atoms. The van der Waals surface area contributed by atoms with Gasteiger partial charge in [-0.3, -0.25) is 14.9 Å². The number of hydrogen-bond acceptors (Lipinski definition) is 11. The fourth-order valence-corrected chi connectivity index (χ4v) is 10.5. The van der Waals surface area contributed by atoms with Crippen molar-refractivity contribution in [2.24, 2.45) is 22.6 Å². The standard InChI is InChI=1S/C52H65FN12/c1-32-12-10-11-13-44(55-8)42(27-54)46-26-40(24-34(3)57-46)35(4)58-52-59-45-17-15-39(25-49(45)64(52)28-32)29-61-20-22-62(23-21-61)37(6)41-30-63(31-41)48-19-16-43(53)50-51(48)60(9)38(7)65(50)47-18-14-33(2)56-36(47)5/h15-17,19,24-27,32,41,47,56H,2,4-7,10-14,18,20-23,28-31,54H2,1,3,8-9H3,(H,58,59)/t32-,47?/m1/s1. The van der Waals surface area contributed by atoms with Crippen LogP contribution in [0.2, 0.25) is 0 Å². The molecule has 340 valence electrons. The number of piperidine rings is 1. The summed E-state index contributed by atoms with van der Waals surface area (Å²) in [6.45, 7) is 33.3. The quantitative estimate of drug-likeness (QED) is 0.174. The summed E-state index contributed by atoms with van der Waals surface area (Å²) in [5.74, 6) is 2.08. The molecular formula is C52H65FN12. The molecule has 13 heteroatoms. The number of nitrogens with one attached hydrogen (secondary N) is 2. The highest BCUT2D eigenvalue weighted by Crippen LogP contribution is 2.51. The van der Waals surface area contributed by atoms with Crippen molar-refractivity contribution in [1.29, 1.82) is 0 Å². The predicted octanol–water partition coefficient (Wildman–Crippen LogP) is 8.82. The Morgan fingerprint density at radius 3 is 2.46 bits per heavy atom. The van der Waals surface area contributed by atoms with Crippen LogP contribution in [0.25, 0.3) is 22.3 Å². The lowest BCUT2D eigenvalue weighted by molar-refractivity contribution is 0.140. The third-order valence-corrected chi connectivity index (χ3v) is 14.2. The molecule has 9 rings (SSSR count). The van der Waals surface area contributed by atoms with Crippen molar-refractivity contribution in [2.75, 3.05) is 73.4 Å². The first-order valence-corrected chi connectivity index (χ1v) is 23.2. The number of piperazine rings is 1. The summed E-state index contributed by atoms with van der Waals surface area (Å²) in [5, 5.41) is 6.90. The molecular weight excluding hydrogens is 812 g/mol. The maximum absolute atomic E-state index is 15.7. The number of halogens is 1. The van der Waals surface area contributed by atoms with Crippen molar-refractivity contribution in [3.8, 4) is 0 Å². The number of aliphatic imine (C=N–C) groups is 1. The summed E-state index contributed by atoms with van der Waals surface area (Å²) in [4.78, 5) is 26.0. The molecule has 0 aliphatic carbocycles. The van der Waals surface area contributed by atoms with Crippen molar-refractivity contribution >= 4 is 51.0 Å². The van der Waals surface area contributed by atoms with E-state index >= 15 is 4.39 Å². The molecule has 3 saturated heterocycles. The molecule has 4 aromatic rings. The summed E-state index contributed by atoms with van der Waals surface area (Å²) < 4.78 is 18.1. The molecule has 5 aliphatic heterocycles. The highest BCUT2D eigenvalue weighted by Gasteiger charge is 2.42. The van der Waals surface area contributed by atoms with E-state index < -0.39 is 0 Å². The van der Waals surface area contributed by atoms with Crippen LogP contribution < -0.4 is 31.1 Å². The molecule has 0 amide bonds. The Morgan fingerprint density at radius 2 is 1.72 bits per heavy atom. The fraction of sp³-hybridized carbons (Fsp3) is 0.404. The predicted molar refractivity (Wildman–Crippen MR) is 267 cm³/mol. The van der Waals surface area contributed by atoms with Crippen LogP contribution in [0.1, 0.15) is 68.0 Å². The van der Waals surface area contributed by atoms with Crippen molar-refractivity contribution in [1.82, 2.24) is 29.7 Å². The number of rotatable bonds is 6. The van der Waals surface area contributed by atoms with E-state index in [0.717, 1.165) is 170 Å². The monoisotopic (exact) mass is 877 g/mol. The number of aryl methyl sites for hydroxylation is 1. The van der Waals surface area contributed by atoms with E-state index in [2.05, 4.69) is 92.9 Å². The van der Waals surface area contributed by atoms with E-state index in [1.165, 1.54) is 11.3 Å². The molecule has 2 atom stereocenters. The number of nitrogens with zero attached hydrogens (tertiary/aromatic N) is 9. The second-order valence-corrected chi connectivity index (χ2v) is 18.7. The number of hydrogen-bond donors (Lipinski definition) is 3. The minimum Gasteiger partial charge on any atom is -0.404 e. The number of aromatic nitrogens is 3. The lowest BCUT2D eigenvalue weighted by atomic mass is 9.94. The van der Waals surface area contributed by atoms with Gasteiger partial charge in [0, 0.05) is 124 Å². The molecule has 65 heavy (non-hydrogen) atoms. The van der Waals surface area contributed by atoms with E-state index in [1.807, 2.05) is 49.0 Å². The summed E-state index contributed by atoms with van der Waals surface area (Å²) >= 11 is 0. The van der Waals surface area contributed by atoms with Gasteiger partial charge in [0.25, 0.3) is 0 Å². The van der Waals surface area contributed by atoms with Crippen LogP contribution in [0.3, 0.4) is 0 Å². The fourth-order valence-electron chi connectivity index (χ4n) is 10.5. The van der Waals surface area contributed by atoms with Gasteiger partial charge in [-0.15, -0.1) is 0 Å². The molecule has 2 bridgehead atoms. The van der Waals surface area contributed by atoms with Gasteiger partial charge in [0.05, 0.1) is 34.1 Å². The second kappa shape index (κ2) is 17.9. The summed E-state index contributed by atoms with van der Waals surface area (Å²) in [6, 6.07) is 14.2. The van der Waals surface area contributed by atoms with Crippen LogP contribution in [-0.4, -0.2) is 89.5 Å². The highest BCUT2D eigenvalue weighted by atomic mass is 19.1. The normalized spacial score (nSPS) is 22.7. The molecule has 1 unspecified atom stereocenters. The zero-order valence-electron chi connectivity index (χ0n) is 38.8. The average molecular weight is 877 g/mol. The van der Waals surface area contributed by atoms with Crippen LogP contribution >= 0.6 is 0 Å². The first-order valence-electron chi connectivity index (χ1n) is 23.2. The third kappa shape index (κ3) is 8.42. The SMILES string of the molecule is C=C1CCC(N2C(=C)N(C)c3c(N4CC(C(=C)N5CCN(Cc6ccc7nc8n(c7c6)C[C@H](C)CCCCC(=NC)C(=CN)c6cc(cc(C)n6)C(=C)N8)CC5)C4)ccc(F)c32)C(=C)N1. The third-order valence-electron chi connectivity index (χ3n) is 14.2. The van der Waals surface area contributed by atoms with Gasteiger partial charge >= 0.3 is 0 Å². The van der Waals surface area contributed by atoms with E-state index in [1.54, 1.807) is 12.3 Å². The van der Waals surface area contributed by atoms with Gasteiger partial charge in [0.2, 0.25) is 5.95 Å². The van der Waals surface area contributed by atoms with Gasteiger partial charge in [-0.1, -0.05) is 52.3 Å². The Balaban J connectivity index is 0.853. The topological polar surface area (TPSA) is 109 Å². The molecule has 3 fully saturated rings. The summed E-state index contributed by atoms with van der Waals surface area (Å²) in [6.07, 6.45) is 7.30. The first-order chi connectivity index (χ1) is 31.3. The van der Waals surface area contributed by atoms with E-state index in [-0.39, 0.29) is 11.9 Å². The number of benzene rings is 2. The van der Waals surface area contributed by atoms with Gasteiger partial charge in [0.15, 0.2) is 0 Å². The lowest BCUT2D eigenvalue weighted by Gasteiger charge is -2.47. The minimum atomic E-state index is -0.247. The number of fused-ring (bicyclic) bond motifs is 6. The van der Waals surface area contributed by atoms with Crippen LogP contribution in [0.5, 0.6) is 0 Å². The Kier molecular flexibility index (Phi) is 12.1. The number of imidazole rings is 1. The smallest absolute Gasteiger partial charge is 0.208 e. The molecule has 2 aromatic heterocycles. The Labute approximate surface area is 384 Å². The molecule has 12 nitrogen and oxygen atoms in total. The first kappa shape index (κ1) is 43.9. The van der Waals surface area contributed by atoms with Gasteiger partial charge in [-0.2, -0.15) is 0 Å². The largest absolute Gasteiger partial charge is 0.404 e. The zero-order chi connectivity index (χ0) is 45.7. The summed E-state index contributed by atoms with van der Waals surface area (Å²) in [5.41, 5.74) is 20.2. The summed E-state index contributed by atoms with van der Waals surface area (Å²) in [7, 11) is 3.82. The van der Waals surface area contributed by atoms with Crippen LogP contribution in [0, 0.1) is 24.6 Å². The van der Waals surface area contributed by atoms with Crippen molar-refractivity contribution in [3.05, 3.63) is 133 Å². The Morgan fingerprint density at radius 1 is 0.938 bits per heavy atom. The number of allylic oxidation sites excluding steroid dienone is 2. The van der Waals surface area contributed by atoms with Gasteiger partial charge in [0.1, 0.15) is 17.3 Å². The van der Waals surface area contributed by atoms with Crippen LogP contribution in [0.15, 0.2) is 109 Å². The highest BCUT2D eigenvalue weighted by molar-refractivity contribution is 6.23. The van der Waals surface area contributed by atoms with E-state index in [4.69, 9.17) is 15.7 Å². The van der Waals surface area contributed by atoms with Gasteiger partial charge in [-0.05, 0) is 86.9 Å². The van der Waals surface area contributed by atoms with Crippen molar-refractivity contribution < 1.29 is 4.39 Å². The maximum Gasteiger partial charge on any atom is 0.208 e. The number of anilines is 4. The van der Waals surface area contributed by atoms with Gasteiger partial charge < -0.3 is 40.5 Å². The van der Waals surface area contributed by atoms with E-state index in [0.29, 0.717) is 17.5 Å². The molecule has 2 aromatic carbocycles. The van der Waals surface area contributed by atoms with Crippen molar-refractivity contribution in [2.45, 2.75) is 71.5 Å². The average Bonchev–Trinajstić information content (AvgIpc) is 3.73.